The van der Waals surface area contributed by atoms with Gasteiger partial charge in [-0.05, 0) is 30.5 Å². The minimum absolute atomic E-state index is 0.0662. The summed E-state index contributed by atoms with van der Waals surface area (Å²) >= 11 is 0. The highest BCUT2D eigenvalue weighted by molar-refractivity contribution is 5.78. The van der Waals surface area contributed by atoms with Crippen molar-refractivity contribution in [1.29, 1.82) is 0 Å². The number of alkyl halides is 3. The maximum absolute atomic E-state index is 13.0. The standard InChI is InChI=1S/C17H21F3N2O2/c18-17(19,20)13-4-1-3-12(9-13)15(21-14-6-8-24-11-14)10-22-7-2-5-16(22)23/h1,3-4,9,14-15,21H,2,5-8,10-11H2/t14-,15-/m0/s1. The van der Waals surface area contributed by atoms with Crippen molar-refractivity contribution in [3.63, 3.8) is 0 Å². The molecule has 2 fully saturated rings. The van der Waals surface area contributed by atoms with Gasteiger partial charge in [0.15, 0.2) is 0 Å². The summed E-state index contributed by atoms with van der Waals surface area (Å²) in [6.45, 7) is 2.24. The van der Waals surface area contributed by atoms with E-state index in [1.165, 1.54) is 12.1 Å². The number of amides is 1. The van der Waals surface area contributed by atoms with E-state index in [1.54, 1.807) is 11.0 Å². The molecule has 7 heteroatoms. The third-order valence-electron chi connectivity index (χ3n) is 4.56. The van der Waals surface area contributed by atoms with Gasteiger partial charge in [0.2, 0.25) is 5.91 Å². The molecule has 132 valence electrons. The van der Waals surface area contributed by atoms with Gasteiger partial charge in [-0.3, -0.25) is 4.79 Å². The summed E-state index contributed by atoms with van der Waals surface area (Å²) in [6, 6.07) is 5.12. The number of carbonyl (C=O) groups excluding carboxylic acids is 1. The summed E-state index contributed by atoms with van der Waals surface area (Å²) < 4.78 is 44.3. The molecular formula is C17H21F3N2O2. The number of nitrogens with zero attached hydrogens (tertiary/aromatic N) is 1. The molecule has 1 aromatic rings. The summed E-state index contributed by atoms with van der Waals surface area (Å²) in [5.74, 6) is 0.0662. The molecule has 2 aliphatic rings. The lowest BCUT2D eigenvalue weighted by atomic mass is 10.0. The van der Waals surface area contributed by atoms with Gasteiger partial charge >= 0.3 is 6.18 Å². The van der Waals surface area contributed by atoms with Gasteiger partial charge in [0.05, 0.1) is 18.2 Å². The predicted molar refractivity (Wildman–Crippen MR) is 82.4 cm³/mol. The van der Waals surface area contributed by atoms with E-state index in [9.17, 15) is 18.0 Å². The molecule has 2 heterocycles. The number of likely N-dealkylation sites (tertiary alicyclic amines) is 1. The Morgan fingerprint density at radius 1 is 1.38 bits per heavy atom. The van der Waals surface area contributed by atoms with E-state index in [2.05, 4.69) is 5.32 Å². The Balaban J connectivity index is 1.81. The molecule has 0 bridgehead atoms. The first-order valence-corrected chi connectivity index (χ1v) is 8.22. The van der Waals surface area contributed by atoms with Crippen LogP contribution in [0.1, 0.15) is 36.4 Å². The molecule has 1 amide bonds. The molecule has 4 nitrogen and oxygen atoms in total. The third kappa shape index (κ3) is 4.08. The van der Waals surface area contributed by atoms with E-state index in [0.29, 0.717) is 38.3 Å². The van der Waals surface area contributed by atoms with Gasteiger partial charge in [-0.1, -0.05) is 12.1 Å². The van der Waals surface area contributed by atoms with Crippen molar-refractivity contribution < 1.29 is 22.7 Å². The average Bonchev–Trinajstić information content (AvgIpc) is 3.18. The number of hydrogen-bond donors (Lipinski definition) is 1. The number of ether oxygens (including phenoxy) is 1. The smallest absolute Gasteiger partial charge is 0.380 e. The minimum Gasteiger partial charge on any atom is -0.380 e. The van der Waals surface area contributed by atoms with E-state index >= 15 is 0 Å². The molecular weight excluding hydrogens is 321 g/mol. The van der Waals surface area contributed by atoms with Crippen molar-refractivity contribution in [2.45, 2.75) is 37.5 Å². The maximum atomic E-state index is 13.0. The van der Waals surface area contributed by atoms with Crippen molar-refractivity contribution in [2.75, 3.05) is 26.3 Å². The topological polar surface area (TPSA) is 41.6 Å². The molecule has 0 radical (unpaired) electrons. The van der Waals surface area contributed by atoms with Crippen LogP contribution in [-0.4, -0.2) is 43.2 Å². The first kappa shape index (κ1) is 17.2. The van der Waals surface area contributed by atoms with Crippen LogP contribution in [-0.2, 0) is 15.7 Å². The molecule has 0 unspecified atom stereocenters. The first-order chi connectivity index (χ1) is 11.4. The Morgan fingerprint density at radius 2 is 2.21 bits per heavy atom. The van der Waals surface area contributed by atoms with Crippen LogP contribution in [0.3, 0.4) is 0 Å². The van der Waals surface area contributed by atoms with Crippen LogP contribution in [0.2, 0.25) is 0 Å². The second kappa shape index (κ2) is 7.11. The zero-order valence-corrected chi connectivity index (χ0v) is 13.3. The molecule has 0 saturated carbocycles. The van der Waals surface area contributed by atoms with Crippen molar-refractivity contribution >= 4 is 5.91 Å². The number of hydrogen-bond acceptors (Lipinski definition) is 3. The predicted octanol–water partition coefficient (Wildman–Crippen LogP) is 2.75. The molecule has 2 saturated heterocycles. The highest BCUT2D eigenvalue weighted by Crippen LogP contribution is 2.31. The lowest BCUT2D eigenvalue weighted by molar-refractivity contribution is -0.137. The summed E-state index contributed by atoms with van der Waals surface area (Å²) in [5, 5.41) is 3.37. The number of benzene rings is 1. The highest BCUT2D eigenvalue weighted by atomic mass is 19.4. The van der Waals surface area contributed by atoms with Crippen molar-refractivity contribution in [3.05, 3.63) is 35.4 Å². The molecule has 1 N–H and O–H groups in total. The molecule has 0 aromatic heterocycles. The zero-order valence-electron chi connectivity index (χ0n) is 13.3. The van der Waals surface area contributed by atoms with E-state index in [1.807, 2.05) is 0 Å². The van der Waals surface area contributed by atoms with Crippen LogP contribution in [0.5, 0.6) is 0 Å². The van der Waals surface area contributed by atoms with Gasteiger partial charge in [-0.15, -0.1) is 0 Å². The lowest BCUT2D eigenvalue weighted by Gasteiger charge is -2.28. The van der Waals surface area contributed by atoms with Gasteiger partial charge in [0.1, 0.15) is 0 Å². The summed E-state index contributed by atoms with van der Waals surface area (Å²) in [6.07, 6.45) is -2.23. The van der Waals surface area contributed by atoms with E-state index in [0.717, 1.165) is 18.9 Å². The van der Waals surface area contributed by atoms with Crippen LogP contribution in [0.25, 0.3) is 0 Å². The Bertz CT molecular complexity index is 585. The second-order valence-electron chi connectivity index (χ2n) is 6.35. The maximum Gasteiger partial charge on any atom is 0.416 e. The highest BCUT2D eigenvalue weighted by Gasteiger charge is 2.32. The van der Waals surface area contributed by atoms with E-state index < -0.39 is 11.7 Å². The SMILES string of the molecule is O=C1CCCN1C[C@H](N[C@H]1CCOC1)c1cccc(C(F)(F)F)c1. The second-order valence-corrected chi connectivity index (χ2v) is 6.35. The van der Waals surface area contributed by atoms with Crippen LogP contribution in [0.15, 0.2) is 24.3 Å². The van der Waals surface area contributed by atoms with Crippen LogP contribution in [0.4, 0.5) is 13.2 Å². The van der Waals surface area contributed by atoms with E-state index in [4.69, 9.17) is 4.74 Å². The van der Waals surface area contributed by atoms with Crippen LogP contribution >= 0.6 is 0 Å². The Hall–Kier alpha value is -1.60. The Morgan fingerprint density at radius 3 is 2.83 bits per heavy atom. The number of halogens is 3. The van der Waals surface area contributed by atoms with Crippen molar-refractivity contribution in [3.8, 4) is 0 Å². The van der Waals surface area contributed by atoms with Gasteiger partial charge in [-0.25, -0.2) is 0 Å². The van der Waals surface area contributed by atoms with Crippen LogP contribution < -0.4 is 5.32 Å². The fourth-order valence-electron chi connectivity index (χ4n) is 3.25. The number of nitrogens with one attached hydrogen (secondary N) is 1. The van der Waals surface area contributed by atoms with Crippen molar-refractivity contribution in [1.82, 2.24) is 10.2 Å². The summed E-state index contributed by atoms with van der Waals surface area (Å²) in [5.41, 5.74) is -0.112. The molecule has 1 aromatic carbocycles. The number of carbonyl (C=O) groups is 1. The van der Waals surface area contributed by atoms with Gasteiger partial charge in [0, 0.05) is 32.2 Å². The van der Waals surface area contributed by atoms with Crippen LogP contribution in [0, 0.1) is 0 Å². The molecule has 2 aliphatic heterocycles. The normalized spacial score (nSPS) is 23.0. The molecule has 0 aliphatic carbocycles. The van der Waals surface area contributed by atoms with E-state index in [-0.39, 0.29) is 18.0 Å². The Kier molecular flexibility index (Phi) is 5.10. The monoisotopic (exact) mass is 342 g/mol. The lowest BCUT2D eigenvalue weighted by Crippen LogP contribution is -2.40. The number of rotatable bonds is 5. The average molecular weight is 342 g/mol. The van der Waals surface area contributed by atoms with Gasteiger partial charge < -0.3 is 15.0 Å². The summed E-state index contributed by atoms with van der Waals surface area (Å²) in [4.78, 5) is 13.6. The summed E-state index contributed by atoms with van der Waals surface area (Å²) in [7, 11) is 0. The molecule has 0 spiro atoms. The molecule has 3 rings (SSSR count). The molecule has 2 atom stereocenters. The van der Waals surface area contributed by atoms with Gasteiger partial charge in [-0.2, -0.15) is 13.2 Å². The molecule has 24 heavy (non-hydrogen) atoms. The van der Waals surface area contributed by atoms with Crippen molar-refractivity contribution in [2.24, 2.45) is 0 Å². The van der Waals surface area contributed by atoms with Gasteiger partial charge in [0.25, 0.3) is 0 Å². The zero-order chi connectivity index (χ0) is 17.2. The minimum atomic E-state index is -4.37. The Labute approximate surface area is 139 Å². The third-order valence-corrected chi connectivity index (χ3v) is 4.56. The largest absolute Gasteiger partial charge is 0.416 e. The quantitative estimate of drug-likeness (QED) is 0.895. The fraction of sp³-hybridized carbons (Fsp3) is 0.588. The fourth-order valence-corrected chi connectivity index (χ4v) is 3.25. The first-order valence-electron chi connectivity index (χ1n) is 8.22.